The monoisotopic (exact) mass is 374 g/mol. The summed E-state index contributed by atoms with van der Waals surface area (Å²) in [6.07, 6.45) is 2.19. The summed E-state index contributed by atoms with van der Waals surface area (Å²) >= 11 is 6.41. The highest BCUT2D eigenvalue weighted by atomic mass is 32.2. The van der Waals surface area contributed by atoms with Crippen molar-refractivity contribution < 1.29 is 23.1 Å². The molecule has 130 valence electrons. The van der Waals surface area contributed by atoms with Crippen LogP contribution in [0.5, 0.6) is 0 Å². The average molecular weight is 374 g/mol. The lowest BCUT2D eigenvalue weighted by molar-refractivity contribution is -0.144. The highest BCUT2D eigenvalue weighted by Crippen LogP contribution is 2.16. The molecular weight excluding hydrogens is 358 g/mol. The lowest BCUT2D eigenvalue weighted by Crippen LogP contribution is -2.25. The number of likely N-dealkylation sites (tertiary alicyclic amines) is 1. The van der Waals surface area contributed by atoms with Crippen LogP contribution in [0.3, 0.4) is 0 Å². The second-order valence-corrected chi connectivity index (χ2v) is 6.70. The van der Waals surface area contributed by atoms with E-state index in [4.69, 9.17) is 17.0 Å². The molecule has 1 heterocycles. The molecule has 1 aromatic carbocycles. The highest BCUT2D eigenvalue weighted by Gasteiger charge is 2.17. The van der Waals surface area contributed by atoms with Gasteiger partial charge in [0.1, 0.15) is 4.32 Å². The molecule has 1 fully saturated rings. The number of esters is 1. The van der Waals surface area contributed by atoms with Crippen molar-refractivity contribution in [2.24, 2.45) is 0 Å². The number of benzene rings is 1. The summed E-state index contributed by atoms with van der Waals surface area (Å²) in [5, 5.41) is 2.31. The lowest BCUT2D eigenvalue weighted by atomic mass is 10.3. The SMILES string of the molecule is O=C(COC(=O)CSC(=S)N1CCCC1)Nc1ccc(F)c(F)c1. The number of nitrogens with zero attached hydrogens (tertiary/aromatic N) is 1. The Balaban J connectivity index is 1.68. The molecule has 24 heavy (non-hydrogen) atoms. The van der Waals surface area contributed by atoms with Crippen LogP contribution in [0.1, 0.15) is 12.8 Å². The Labute approximate surface area is 147 Å². The van der Waals surface area contributed by atoms with Gasteiger partial charge in [-0.15, -0.1) is 0 Å². The first-order valence-corrected chi connectivity index (χ1v) is 8.67. The summed E-state index contributed by atoms with van der Waals surface area (Å²) in [5.74, 6) is -3.26. The van der Waals surface area contributed by atoms with Crippen LogP contribution in [0.15, 0.2) is 18.2 Å². The zero-order valence-corrected chi connectivity index (χ0v) is 14.4. The van der Waals surface area contributed by atoms with Gasteiger partial charge in [-0.25, -0.2) is 8.78 Å². The maximum atomic E-state index is 13.0. The molecule has 5 nitrogen and oxygen atoms in total. The van der Waals surface area contributed by atoms with Crippen LogP contribution in [0, 0.1) is 11.6 Å². The van der Waals surface area contributed by atoms with Gasteiger partial charge in [-0.3, -0.25) is 9.59 Å². The fourth-order valence-electron chi connectivity index (χ4n) is 2.07. The van der Waals surface area contributed by atoms with Crippen LogP contribution in [0.2, 0.25) is 0 Å². The molecule has 1 aliphatic rings. The van der Waals surface area contributed by atoms with Gasteiger partial charge in [-0.05, 0) is 25.0 Å². The molecule has 0 spiro atoms. The zero-order valence-electron chi connectivity index (χ0n) is 12.7. The number of thiocarbonyl (C=S) groups is 1. The number of hydrogen-bond donors (Lipinski definition) is 1. The number of rotatable bonds is 5. The van der Waals surface area contributed by atoms with Crippen molar-refractivity contribution >= 4 is 45.9 Å². The topological polar surface area (TPSA) is 58.6 Å². The molecule has 0 saturated carbocycles. The Hall–Kier alpha value is -1.74. The van der Waals surface area contributed by atoms with Gasteiger partial charge in [-0.1, -0.05) is 24.0 Å². The molecule has 0 bridgehead atoms. The van der Waals surface area contributed by atoms with Gasteiger partial charge in [-0.2, -0.15) is 0 Å². The minimum Gasteiger partial charge on any atom is -0.455 e. The van der Waals surface area contributed by atoms with E-state index in [1.54, 1.807) is 0 Å². The third-order valence-corrected chi connectivity index (χ3v) is 4.74. The van der Waals surface area contributed by atoms with Crippen LogP contribution in [-0.4, -0.2) is 46.5 Å². The quantitative estimate of drug-likeness (QED) is 0.631. The van der Waals surface area contributed by atoms with Gasteiger partial charge < -0.3 is 15.0 Å². The van der Waals surface area contributed by atoms with Gasteiger partial charge in [0.2, 0.25) is 0 Å². The summed E-state index contributed by atoms with van der Waals surface area (Å²) < 4.78 is 31.3. The van der Waals surface area contributed by atoms with Crippen molar-refractivity contribution in [3.8, 4) is 0 Å². The van der Waals surface area contributed by atoms with Gasteiger partial charge in [0, 0.05) is 24.8 Å². The van der Waals surface area contributed by atoms with E-state index in [1.807, 2.05) is 4.90 Å². The van der Waals surface area contributed by atoms with E-state index >= 15 is 0 Å². The number of carbonyl (C=O) groups is 2. The lowest BCUT2D eigenvalue weighted by Gasteiger charge is -2.17. The van der Waals surface area contributed by atoms with Gasteiger partial charge >= 0.3 is 5.97 Å². The number of carbonyl (C=O) groups excluding carboxylic acids is 2. The van der Waals surface area contributed by atoms with Gasteiger partial charge in [0.25, 0.3) is 5.91 Å². The average Bonchev–Trinajstić information content (AvgIpc) is 3.08. The van der Waals surface area contributed by atoms with Crippen molar-refractivity contribution in [3.63, 3.8) is 0 Å². The fourth-order valence-corrected chi connectivity index (χ4v) is 3.12. The third kappa shape index (κ3) is 5.72. The second kappa shape index (κ2) is 8.93. The van der Waals surface area contributed by atoms with E-state index in [0.717, 1.165) is 38.1 Å². The summed E-state index contributed by atoms with van der Waals surface area (Å²) in [4.78, 5) is 25.3. The molecule has 0 aliphatic carbocycles. The van der Waals surface area contributed by atoms with Crippen LogP contribution in [0.4, 0.5) is 14.5 Å². The maximum Gasteiger partial charge on any atom is 0.316 e. The third-order valence-electron chi connectivity index (χ3n) is 3.25. The molecule has 1 saturated heterocycles. The molecule has 0 radical (unpaired) electrons. The van der Waals surface area contributed by atoms with Crippen molar-refractivity contribution in [1.29, 1.82) is 0 Å². The number of thioether (sulfide) groups is 1. The van der Waals surface area contributed by atoms with E-state index in [-0.39, 0.29) is 11.4 Å². The molecule has 1 amide bonds. The van der Waals surface area contributed by atoms with E-state index < -0.39 is 30.1 Å². The number of anilines is 1. The fraction of sp³-hybridized carbons (Fsp3) is 0.400. The summed E-state index contributed by atoms with van der Waals surface area (Å²) in [5.41, 5.74) is 0.0829. The van der Waals surface area contributed by atoms with Crippen molar-refractivity contribution in [2.75, 3.05) is 30.8 Å². The van der Waals surface area contributed by atoms with E-state index in [2.05, 4.69) is 5.32 Å². The maximum absolute atomic E-state index is 13.0. The Morgan fingerprint density at radius 2 is 1.96 bits per heavy atom. The minimum atomic E-state index is -1.07. The first kappa shape index (κ1) is 18.6. The number of hydrogen-bond acceptors (Lipinski definition) is 5. The molecule has 0 atom stereocenters. The van der Waals surface area contributed by atoms with E-state index in [1.165, 1.54) is 17.8 Å². The van der Waals surface area contributed by atoms with Crippen LogP contribution in [-0.2, 0) is 14.3 Å². The molecule has 9 heteroatoms. The second-order valence-electron chi connectivity index (χ2n) is 5.09. The number of halogens is 2. The van der Waals surface area contributed by atoms with Crippen molar-refractivity contribution in [3.05, 3.63) is 29.8 Å². The normalized spacial score (nSPS) is 13.7. The molecular formula is C15H16F2N2O3S2. The van der Waals surface area contributed by atoms with Gasteiger partial charge in [0.15, 0.2) is 18.2 Å². The molecule has 1 N–H and O–H groups in total. The van der Waals surface area contributed by atoms with Crippen LogP contribution < -0.4 is 5.32 Å². The first-order valence-electron chi connectivity index (χ1n) is 7.28. The number of nitrogens with one attached hydrogen (secondary N) is 1. The van der Waals surface area contributed by atoms with E-state index in [9.17, 15) is 18.4 Å². The Bertz CT molecular complexity index is 637. The molecule has 0 aromatic heterocycles. The van der Waals surface area contributed by atoms with Crippen LogP contribution in [0.25, 0.3) is 0 Å². The number of amides is 1. The van der Waals surface area contributed by atoms with Gasteiger partial charge in [0.05, 0.1) is 5.75 Å². The highest BCUT2D eigenvalue weighted by molar-refractivity contribution is 8.23. The Kier molecular flexibility index (Phi) is 6.92. The Morgan fingerprint density at radius 1 is 1.25 bits per heavy atom. The standard InChI is InChI=1S/C15H16F2N2O3S2/c16-11-4-3-10(7-12(11)17)18-13(20)8-22-14(21)9-24-15(23)19-5-1-2-6-19/h3-4,7H,1-2,5-6,8-9H2,(H,18,20). The Morgan fingerprint density at radius 3 is 2.62 bits per heavy atom. The smallest absolute Gasteiger partial charge is 0.316 e. The van der Waals surface area contributed by atoms with Crippen molar-refractivity contribution in [1.82, 2.24) is 4.90 Å². The van der Waals surface area contributed by atoms with E-state index in [0.29, 0.717) is 4.32 Å². The molecule has 0 unspecified atom stereocenters. The zero-order chi connectivity index (χ0) is 17.5. The molecule has 1 aliphatic heterocycles. The summed E-state index contributed by atoms with van der Waals surface area (Å²) in [6.45, 7) is 1.30. The molecule has 1 aromatic rings. The molecule has 2 rings (SSSR count). The predicted octanol–water partition coefficient (Wildman–Crippen LogP) is 2.56. The largest absolute Gasteiger partial charge is 0.455 e. The summed E-state index contributed by atoms with van der Waals surface area (Å²) in [7, 11) is 0. The summed E-state index contributed by atoms with van der Waals surface area (Å²) in [6, 6.07) is 2.95. The predicted molar refractivity (Wildman–Crippen MR) is 91.8 cm³/mol. The number of ether oxygens (including phenoxy) is 1. The minimum absolute atomic E-state index is 0.0216. The first-order chi connectivity index (χ1) is 11.5. The van der Waals surface area contributed by atoms with Crippen molar-refractivity contribution in [2.45, 2.75) is 12.8 Å². The van der Waals surface area contributed by atoms with Crippen LogP contribution >= 0.6 is 24.0 Å².